The van der Waals surface area contributed by atoms with E-state index < -0.39 is 0 Å². The van der Waals surface area contributed by atoms with Gasteiger partial charge in [0, 0.05) is 43.1 Å². The van der Waals surface area contributed by atoms with Crippen LogP contribution in [0.1, 0.15) is 52.8 Å². The van der Waals surface area contributed by atoms with Crippen molar-refractivity contribution in [2.24, 2.45) is 0 Å². The van der Waals surface area contributed by atoms with E-state index in [1.807, 2.05) is 18.3 Å². The Morgan fingerprint density at radius 3 is 2.38 bits per heavy atom. The average Bonchev–Trinajstić information content (AvgIpc) is 3.39. The van der Waals surface area contributed by atoms with Gasteiger partial charge in [-0.2, -0.15) is 0 Å². The molecule has 190 valence electrons. The van der Waals surface area contributed by atoms with Gasteiger partial charge in [-0.3, -0.25) is 4.98 Å². The normalized spacial score (nSPS) is 17.2. The number of anilines is 2. The molecule has 0 saturated carbocycles. The summed E-state index contributed by atoms with van der Waals surface area (Å²) in [5.74, 6) is 0. The number of pyridine rings is 1. The molecule has 1 saturated heterocycles. The van der Waals surface area contributed by atoms with Crippen molar-refractivity contribution >= 4 is 28.7 Å². The van der Waals surface area contributed by atoms with Gasteiger partial charge in [0.2, 0.25) is 0 Å². The third-order valence-electron chi connectivity index (χ3n) is 7.46. The molecule has 5 nitrogen and oxygen atoms in total. The predicted octanol–water partition coefficient (Wildman–Crippen LogP) is 6.60. The summed E-state index contributed by atoms with van der Waals surface area (Å²) in [5, 5.41) is 4.33. The molecule has 2 aromatic carbocycles. The van der Waals surface area contributed by atoms with Crippen LogP contribution in [-0.2, 0) is 6.42 Å². The van der Waals surface area contributed by atoms with Crippen molar-refractivity contribution in [1.82, 2.24) is 14.9 Å². The zero-order valence-corrected chi connectivity index (χ0v) is 23.3. The predicted molar refractivity (Wildman–Crippen MR) is 158 cm³/mol. The highest BCUT2D eigenvalue weighted by atomic mass is 32.1. The molecule has 1 aliphatic rings. The van der Waals surface area contributed by atoms with Crippen molar-refractivity contribution in [3.63, 3.8) is 0 Å². The van der Waals surface area contributed by atoms with Crippen LogP contribution in [0.4, 0.5) is 11.4 Å². The Morgan fingerprint density at radius 1 is 0.973 bits per heavy atom. The molecule has 6 heteroatoms. The van der Waals surface area contributed by atoms with Crippen molar-refractivity contribution in [1.29, 1.82) is 0 Å². The summed E-state index contributed by atoms with van der Waals surface area (Å²) < 4.78 is 2.42. The Balaban J connectivity index is 1.69. The first kappa shape index (κ1) is 25.0. The van der Waals surface area contributed by atoms with Crippen molar-refractivity contribution in [3.05, 3.63) is 107 Å². The smallest absolute Gasteiger partial charge is 0.174 e. The topological polar surface area (TPSA) is 36.3 Å². The van der Waals surface area contributed by atoms with Crippen LogP contribution in [0.5, 0.6) is 0 Å². The maximum Gasteiger partial charge on any atom is 0.174 e. The molecule has 0 radical (unpaired) electrons. The number of hydrogen-bond donors (Lipinski definition) is 1. The highest BCUT2D eigenvalue weighted by molar-refractivity contribution is 7.80. The molecule has 0 bridgehead atoms. The zero-order valence-electron chi connectivity index (χ0n) is 22.5. The van der Waals surface area contributed by atoms with Gasteiger partial charge in [0.25, 0.3) is 0 Å². The Morgan fingerprint density at radius 2 is 1.73 bits per heavy atom. The Bertz CT molecular complexity index is 1420. The minimum atomic E-state index is -0.0707. The van der Waals surface area contributed by atoms with Crippen LogP contribution in [0.25, 0.3) is 5.69 Å². The second-order valence-corrected chi connectivity index (χ2v) is 10.4. The van der Waals surface area contributed by atoms with Crippen molar-refractivity contribution in [2.45, 2.75) is 46.2 Å². The molecule has 2 aromatic heterocycles. The van der Waals surface area contributed by atoms with Crippen LogP contribution >= 0.6 is 12.2 Å². The highest BCUT2D eigenvalue weighted by Crippen LogP contribution is 2.44. The summed E-state index contributed by atoms with van der Waals surface area (Å²) in [6.07, 6.45) is 2.84. The lowest BCUT2D eigenvalue weighted by atomic mass is 9.96. The second-order valence-electron chi connectivity index (χ2n) is 10.0. The van der Waals surface area contributed by atoms with Crippen LogP contribution in [0.15, 0.2) is 72.9 Å². The first-order valence-corrected chi connectivity index (χ1v) is 13.3. The fourth-order valence-electron chi connectivity index (χ4n) is 5.62. The van der Waals surface area contributed by atoms with E-state index in [4.69, 9.17) is 17.2 Å². The van der Waals surface area contributed by atoms with Crippen molar-refractivity contribution in [2.75, 3.05) is 23.9 Å². The first-order valence-electron chi connectivity index (χ1n) is 12.9. The summed E-state index contributed by atoms with van der Waals surface area (Å²) in [4.78, 5) is 9.11. The quantitative estimate of drug-likeness (QED) is 0.296. The number of nitrogens with zero attached hydrogens (tertiary/aromatic N) is 4. The van der Waals surface area contributed by atoms with E-state index in [0.29, 0.717) is 5.11 Å². The number of aromatic nitrogens is 2. The van der Waals surface area contributed by atoms with Gasteiger partial charge in [0.1, 0.15) is 0 Å². The molecule has 4 aromatic rings. The van der Waals surface area contributed by atoms with Crippen LogP contribution in [0.3, 0.4) is 0 Å². The largest absolute Gasteiger partial charge is 0.378 e. The Hall–Kier alpha value is -3.64. The van der Waals surface area contributed by atoms with E-state index in [2.05, 4.69) is 116 Å². The molecule has 1 aliphatic heterocycles. The standard InChI is InChI=1S/C31H35N5S/c1-7-23-12-10-11-20(2)29(23)35-21(3)19-26(22(35)4)30-28(27-13-8-9-18-32-27)33-31(37)36(30)25-16-14-24(15-17-25)34(5)6/h8-19,28,30H,7H2,1-6H3,(H,33,37)/t28-,30-/m1/s1. The van der Waals surface area contributed by atoms with Gasteiger partial charge < -0.3 is 19.7 Å². The molecule has 0 amide bonds. The number of benzene rings is 2. The number of hydrogen-bond acceptors (Lipinski definition) is 3. The SMILES string of the molecule is CCc1cccc(C)c1-n1c(C)cc([C@@H]2[C@@H](c3ccccn3)NC(=S)N2c2ccc(N(C)C)cc2)c1C. The van der Waals surface area contributed by atoms with Crippen LogP contribution < -0.4 is 15.1 Å². The molecule has 0 spiro atoms. The monoisotopic (exact) mass is 509 g/mol. The molecule has 1 fully saturated rings. The number of aryl methyl sites for hydroxylation is 3. The van der Waals surface area contributed by atoms with Gasteiger partial charge >= 0.3 is 0 Å². The summed E-state index contributed by atoms with van der Waals surface area (Å²) in [6.45, 7) is 8.87. The number of nitrogens with one attached hydrogen (secondary N) is 1. The molecule has 2 atom stereocenters. The van der Waals surface area contributed by atoms with E-state index in [1.165, 1.54) is 33.8 Å². The molecule has 1 N–H and O–H groups in total. The number of thiocarbonyl (C=S) groups is 1. The molecule has 37 heavy (non-hydrogen) atoms. The fraction of sp³-hybridized carbons (Fsp3) is 0.290. The van der Waals surface area contributed by atoms with E-state index in [0.717, 1.165) is 23.5 Å². The third-order valence-corrected chi connectivity index (χ3v) is 7.77. The van der Waals surface area contributed by atoms with Crippen LogP contribution in [0.2, 0.25) is 0 Å². The molecule has 0 unspecified atom stereocenters. The lowest BCUT2D eigenvalue weighted by molar-refractivity contribution is 0.565. The lowest BCUT2D eigenvalue weighted by Gasteiger charge is -2.29. The summed E-state index contributed by atoms with van der Waals surface area (Å²) >= 11 is 5.97. The number of rotatable bonds is 6. The Kier molecular flexibility index (Phi) is 6.78. The molecule has 3 heterocycles. The fourth-order valence-corrected chi connectivity index (χ4v) is 5.96. The van der Waals surface area contributed by atoms with Crippen LogP contribution in [-0.4, -0.2) is 28.8 Å². The van der Waals surface area contributed by atoms with E-state index in [1.54, 1.807) is 0 Å². The molecule has 0 aliphatic carbocycles. The minimum Gasteiger partial charge on any atom is -0.378 e. The van der Waals surface area contributed by atoms with Gasteiger partial charge in [0.05, 0.1) is 23.5 Å². The average molecular weight is 510 g/mol. The molecule has 5 rings (SSSR count). The highest BCUT2D eigenvalue weighted by Gasteiger charge is 2.42. The summed E-state index contributed by atoms with van der Waals surface area (Å²) in [5.41, 5.74) is 10.8. The maximum absolute atomic E-state index is 5.97. The van der Waals surface area contributed by atoms with Crippen molar-refractivity contribution in [3.8, 4) is 5.69 Å². The third kappa shape index (κ3) is 4.40. The lowest BCUT2D eigenvalue weighted by Crippen LogP contribution is -2.29. The minimum absolute atomic E-state index is 0.0401. The number of para-hydroxylation sites is 1. The summed E-state index contributed by atoms with van der Waals surface area (Å²) in [6, 6.07) is 23.5. The van der Waals surface area contributed by atoms with Gasteiger partial charge in [-0.1, -0.05) is 31.2 Å². The van der Waals surface area contributed by atoms with Gasteiger partial charge in [-0.05, 0) is 98.6 Å². The van der Waals surface area contributed by atoms with Gasteiger partial charge in [-0.25, -0.2) is 0 Å². The van der Waals surface area contributed by atoms with Crippen LogP contribution in [0, 0.1) is 20.8 Å². The first-order chi connectivity index (χ1) is 17.8. The molecular weight excluding hydrogens is 474 g/mol. The molecular formula is C31H35N5S. The van der Waals surface area contributed by atoms with Gasteiger partial charge in [0.15, 0.2) is 5.11 Å². The zero-order chi connectivity index (χ0) is 26.3. The van der Waals surface area contributed by atoms with E-state index in [-0.39, 0.29) is 12.1 Å². The van der Waals surface area contributed by atoms with E-state index in [9.17, 15) is 0 Å². The van der Waals surface area contributed by atoms with E-state index >= 15 is 0 Å². The van der Waals surface area contributed by atoms with Gasteiger partial charge in [-0.15, -0.1) is 0 Å². The van der Waals surface area contributed by atoms with Crippen molar-refractivity contribution < 1.29 is 0 Å². The Labute approximate surface area is 225 Å². The summed E-state index contributed by atoms with van der Waals surface area (Å²) in [7, 11) is 4.11. The second kappa shape index (κ2) is 10.0. The maximum atomic E-state index is 5.97.